The monoisotopic (exact) mass is 382 g/mol. The third kappa shape index (κ3) is 4.54. The molecule has 3 N–H and O–H groups in total. The van der Waals surface area contributed by atoms with E-state index in [-0.39, 0.29) is 11.9 Å². The molecule has 0 aliphatic carbocycles. The number of carbonyl (C=O) groups is 2. The number of urea groups is 1. The lowest BCUT2D eigenvalue weighted by Gasteiger charge is -2.31. The summed E-state index contributed by atoms with van der Waals surface area (Å²) in [7, 11) is 3.05. The molecule has 2 aromatic carbocycles. The largest absolute Gasteiger partial charge is 0.496 e. The van der Waals surface area contributed by atoms with Gasteiger partial charge in [0.05, 0.1) is 12.7 Å². The standard InChI is InChI=1S/C21H26N4O3/c1-22-20(26)17-14-16(9-10-19(17)28-2)24-21(27)23-11-13-25-12-5-7-15-6-3-4-8-18(15)25/h3-4,6,8-10,14H,5,7,11-13H2,1-2H3,(H,22,26)(H2,23,24,27). The van der Waals surface area contributed by atoms with Crippen LogP contribution in [0.25, 0.3) is 0 Å². The second kappa shape index (κ2) is 9.12. The molecule has 0 fully saturated rings. The van der Waals surface area contributed by atoms with Gasteiger partial charge in [0.25, 0.3) is 5.91 Å². The summed E-state index contributed by atoms with van der Waals surface area (Å²) in [5, 5.41) is 8.20. The van der Waals surface area contributed by atoms with E-state index in [2.05, 4.69) is 39.0 Å². The van der Waals surface area contributed by atoms with Gasteiger partial charge in [0.2, 0.25) is 0 Å². The van der Waals surface area contributed by atoms with Crippen molar-refractivity contribution in [2.24, 2.45) is 0 Å². The van der Waals surface area contributed by atoms with Gasteiger partial charge in [0.1, 0.15) is 5.75 Å². The van der Waals surface area contributed by atoms with E-state index in [1.807, 2.05) is 6.07 Å². The molecule has 1 aliphatic rings. The Bertz CT molecular complexity index is 853. The predicted molar refractivity (Wildman–Crippen MR) is 110 cm³/mol. The van der Waals surface area contributed by atoms with Gasteiger partial charge in [-0.1, -0.05) is 18.2 Å². The van der Waals surface area contributed by atoms with E-state index in [1.165, 1.54) is 18.4 Å². The van der Waals surface area contributed by atoms with Crippen LogP contribution >= 0.6 is 0 Å². The van der Waals surface area contributed by atoms with E-state index >= 15 is 0 Å². The van der Waals surface area contributed by atoms with E-state index in [0.717, 1.165) is 25.9 Å². The van der Waals surface area contributed by atoms with Crippen LogP contribution in [0.1, 0.15) is 22.3 Å². The average Bonchev–Trinajstić information content (AvgIpc) is 2.73. The second-order valence-corrected chi connectivity index (χ2v) is 6.59. The number of hydrogen-bond donors (Lipinski definition) is 3. The van der Waals surface area contributed by atoms with Crippen LogP contribution in [0.4, 0.5) is 16.2 Å². The van der Waals surface area contributed by atoms with Gasteiger partial charge in [-0.25, -0.2) is 4.79 Å². The zero-order valence-corrected chi connectivity index (χ0v) is 16.2. The Morgan fingerprint density at radius 3 is 2.79 bits per heavy atom. The van der Waals surface area contributed by atoms with E-state index in [4.69, 9.17) is 4.74 Å². The smallest absolute Gasteiger partial charge is 0.319 e. The number of benzene rings is 2. The summed E-state index contributed by atoms with van der Waals surface area (Å²) in [5.74, 6) is 0.179. The maximum atomic E-state index is 12.2. The number of carbonyl (C=O) groups excluding carboxylic acids is 2. The van der Waals surface area contributed by atoms with Crippen molar-refractivity contribution in [1.82, 2.24) is 10.6 Å². The van der Waals surface area contributed by atoms with Gasteiger partial charge in [0.15, 0.2) is 0 Å². The van der Waals surface area contributed by atoms with Crippen molar-refractivity contribution in [3.63, 3.8) is 0 Å². The predicted octanol–water partition coefficient (Wildman–Crippen LogP) is 2.63. The fourth-order valence-corrected chi connectivity index (χ4v) is 3.42. The number of rotatable bonds is 6. The van der Waals surface area contributed by atoms with Gasteiger partial charge < -0.3 is 25.6 Å². The van der Waals surface area contributed by atoms with Crippen LogP contribution < -0.4 is 25.6 Å². The summed E-state index contributed by atoms with van der Waals surface area (Å²) in [5.41, 5.74) is 3.51. The fourth-order valence-electron chi connectivity index (χ4n) is 3.42. The molecule has 7 heteroatoms. The number of aryl methyl sites for hydroxylation is 1. The lowest BCUT2D eigenvalue weighted by Crippen LogP contribution is -2.39. The molecule has 7 nitrogen and oxygen atoms in total. The van der Waals surface area contributed by atoms with Gasteiger partial charge in [-0.3, -0.25) is 4.79 Å². The third-order valence-corrected chi connectivity index (χ3v) is 4.80. The molecular formula is C21H26N4O3. The first kappa shape index (κ1) is 19.5. The highest BCUT2D eigenvalue weighted by atomic mass is 16.5. The van der Waals surface area contributed by atoms with E-state index in [0.29, 0.717) is 23.5 Å². The maximum absolute atomic E-state index is 12.2. The minimum absolute atomic E-state index is 0.273. The summed E-state index contributed by atoms with van der Waals surface area (Å²) < 4.78 is 5.19. The lowest BCUT2D eigenvalue weighted by molar-refractivity contribution is 0.0960. The second-order valence-electron chi connectivity index (χ2n) is 6.59. The highest BCUT2D eigenvalue weighted by Gasteiger charge is 2.16. The third-order valence-electron chi connectivity index (χ3n) is 4.80. The number of methoxy groups -OCH3 is 1. The lowest BCUT2D eigenvalue weighted by atomic mass is 10.0. The summed E-state index contributed by atoms with van der Waals surface area (Å²) in [6.07, 6.45) is 2.23. The van der Waals surface area contributed by atoms with Crippen molar-refractivity contribution in [3.8, 4) is 5.75 Å². The zero-order valence-electron chi connectivity index (χ0n) is 16.2. The number of para-hydroxylation sites is 1. The van der Waals surface area contributed by atoms with Crippen molar-refractivity contribution < 1.29 is 14.3 Å². The molecular weight excluding hydrogens is 356 g/mol. The first-order chi connectivity index (χ1) is 13.6. The molecule has 1 aliphatic heterocycles. The van der Waals surface area contributed by atoms with Gasteiger partial charge in [0, 0.05) is 38.1 Å². The first-order valence-electron chi connectivity index (χ1n) is 9.40. The molecule has 0 aromatic heterocycles. The minimum atomic E-state index is -0.307. The number of hydrogen-bond acceptors (Lipinski definition) is 4. The van der Waals surface area contributed by atoms with Crippen LogP contribution in [0, 0.1) is 0 Å². The Labute approximate surface area is 165 Å². The van der Waals surface area contributed by atoms with Crippen molar-refractivity contribution >= 4 is 23.3 Å². The molecule has 0 unspecified atom stereocenters. The molecule has 28 heavy (non-hydrogen) atoms. The molecule has 0 atom stereocenters. The van der Waals surface area contributed by atoms with E-state index in [9.17, 15) is 9.59 Å². The Kier molecular flexibility index (Phi) is 6.37. The maximum Gasteiger partial charge on any atom is 0.319 e. The quantitative estimate of drug-likeness (QED) is 0.717. The topological polar surface area (TPSA) is 82.7 Å². The molecule has 0 spiro atoms. The fraction of sp³-hybridized carbons (Fsp3) is 0.333. The normalized spacial score (nSPS) is 12.7. The summed E-state index contributed by atoms with van der Waals surface area (Å²) in [6.45, 7) is 2.27. The van der Waals surface area contributed by atoms with Gasteiger partial charge >= 0.3 is 6.03 Å². The summed E-state index contributed by atoms with van der Waals surface area (Å²) >= 11 is 0. The minimum Gasteiger partial charge on any atom is -0.496 e. The Morgan fingerprint density at radius 2 is 2.00 bits per heavy atom. The van der Waals surface area contributed by atoms with Gasteiger partial charge in [-0.2, -0.15) is 0 Å². The molecule has 3 amide bonds. The van der Waals surface area contributed by atoms with Crippen LogP contribution in [-0.2, 0) is 6.42 Å². The van der Waals surface area contributed by atoms with Gasteiger partial charge in [-0.15, -0.1) is 0 Å². The zero-order chi connectivity index (χ0) is 19.9. The number of anilines is 2. The Hall–Kier alpha value is -3.22. The van der Waals surface area contributed by atoms with E-state index < -0.39 is 0 Å². The number of ether oxygens (including phenoxy) is 1. The molecule has 3 rings (SSSR count). The van der Waals surface area contributed by atoms with Crippen LogP contribution in [-0.4, -0.2) is 45.7 Å². The van der Waals surface area contributed by atoms with Gasteiger partial charge in [-0.05, 0) is 42.7 Å². The molecule has 0 saturated carbocycles. The Balaban J connectivity index is 1.55. The molecule has 2 aromatic rings. The van der Waals surface area contributed by atoms with Crippen LogP contribution in [0.15, 0.2) is 42.5 Å². The van der Waals surface area contributed by atoms with Crippen molar-refractivity contribution in [2.45, 2.75) is 12.8 Å². The molecule has 1 heterocycles. The summed E-state index contributed by atoms with van der Waals surface area (Å²) in [6, 6.07) is 13.1. The summed E-state index contributed by atoms with van der Waals surface area (Å²) in [4.78, 5) is 26.5. The molecule has 0 radical (unpaired) electrons. The SMILES string of the molecule is CNC(=O)c1cc(NC(=O)NCCN2CCCc3ccccc32)ccc1OC. The average molecular weight is 382 g/mol. The van der Waals surface area contributed by atoms with Crippen molar-refractivity contribution in [1.29, 1.82) is 0 Å². The number of fused-ring (bicyclic) bond motifs is 1. The van der Waals surface area contributed by atoms with Crippen molar-refractivity contribution in [2.75, 3.05) is 44.0 Å². The molecule has 0 saturated heterocycles. The first-order valence-corrected chi connectivity index (χ1v) is 9.40. The van der Waals surface area contributed by atoms with Crippen LogP contribution in [0.5, 0.6) is 5.75 Å². The van der Waals surface area contributed by atoms with Crippen molar-refractivity contribution in [3.05, 3.63) is 53.6 Å². The molecule has 148 valence electrons. The highest BCUT2D eigenvalue weighted by molar-refractivity contribution is 5.99. The Morgan fingerprint density at radius 1 is 1.18 bits per heavy atom. The highest BCUT2D eigenvalue weighted by Crippen LogP contribution is 2.26. The number of nitrogens with one attached hydrogen (secondary N) is 3. The van der Waals surface area contributed by atoms with Crippen LogP contribution in [0.3, 0.4) is 0 Å². The van der Waals surface area contributed by atoms with E-state index in [1.54, 1.807) is 25.2 Å². The van der Waals surface area contributed by atoms with Crippen LogP contribution in [0.2, 0.25) is 0 Å². The molecule has 0 bridgehead atoms. The number of amides is 3. The number of nitrogens with zero attached hydrogens (tertiary/aromatic N) is 1.